The third-order valence-electron chi connectivity index (χ3n) is 1.95. The molecule has 0 aliphatic carbocycles. The standard InChI is InChI=1S/C13H15N.C2H6/c1-4-6-9-12(8-5-2)13-10-7-11-14(13)3;1-2/h4-11H,1-2H2,3H3;1-2H3/b9-6-,12-8+;. The monoisotopic (exact) mass is 215 g/mol. The molecule has 0 spiro atoms. The number of aryl methyl sites for hydroxylation is 1. The normalized spacial score (nSPS) is 10.8. The molecule has 1 aromatic rings. The Morgan fingerprint density at radius 1 is 1.25 bits per heavy atom. The van der Waals surface area contributed by atoms with E-state index in [4.69, 9.17) is 0 Å². The number of rotatable bonds is 4. The van der Waals surface area contributed by atoms with Crippen LogP contribution < -0.4 is 0 Å². The van der Waals surface area contributed by atoms with E-state index >= 15 is 0 Å². The van der Waals surface area contributed by atoms with Crippen LogP contribution in [0.5, 0.6) is 0 Å². The van der Waals surface area contributed by atoms with Crippen molar-refractivity contribution in [3.63, 3.8) is 0 Å². The summed E-state index contributed by atoms with van der Waals surface area (Å²) in [7, 11) is 2.02. The lowest BCUT2D eigenvalue weighted by Gasteiger charge is -2.02. The minimum absolute atomic E-state index is 1.13. The van der Waals surface area contributed by atoms with E-state index in [0.29, 0.717) is 0 Å². The van der Waals surface area contributed by atoms with Crippen molar-refractivity contribution in [1.29, 1.82) is 0 Å². The van der Waals surface area contributed by atoms with E-state index in [0.717, 1.165) is 5.57 Å². The third kappa shape index (κ3) is 4.18. The van der Waals surface area contributed by atoms with E-state index < -0.39 is 0 Å². The first kappa shape index (κ1) is 14.2. The Kier molecular flexibility index (Phi) is 7.60. The van der Waals surface area contributed by atoms with Gasteiger partial charge in [0.15, 0.2) is 0 Å². The Hall–Kier alpha value is -1.76. The van der Waals surface area contributed by atoms with Gasteiger partial charge in [-0.25, -0.2) is 0 Å². The maximum Gasteiger partial charge on any atom is 0.0477 e. The molecule has 0 saturated heterocycles. The molecule has 16 heavy (non-hydrogen) atoms. The number of hydrogen-bond donors (Lipinski definition) is 0. The second-order valence-corrected chi connectivity index (χ2v) is 2.96. The zero-order valence-electron chi connectivity index (χ0n) is 10.5. The maximum atomic E-state index is 3.70. The van der Waals surface area contributed by atoms with Gasteiger partial charge in [-0.2, -0.15) is 0 Å². The average molecular weight is 215 g/mol. The topological polar surface area (TPSA) is 4.93 Å². The maximum absolute atomic E-state index is 3.70. The fraction of sp³-hybridized carbons (Fsp3) is 0.200. The number of hydrogen-bond acceptors (Lipinski definition) is 0. The first-order chi connectivity index (χ1) is 7.79. The fourth-order valence-electron chi connectivity index (χ4n) is 1.29. The predicted molar refractivity (Wildman–Crippen MR) is 74.3 cm³/mol. The second kappa shape index (κ2) is 8.54. The molecule has 0 aliphatic heterocycles. The molecule has 0 unspecified atom stereocenters. The largest absolute Gasteiger partial charge is 0.351 e. The van der Waals surface area contributed by atoms with Crippen LogP contribution in [0.1, 0.15) is 19.5 Å². The summed E-state index contributed by atoms with van der Waals surface area (Å²) >= 11 is 0. The van der Waals surface area contributed by atoms with Crippen LogP contribution in [-0.4, -0.2) is 4.57 Å². The van der Waals surface area contributed by atoms with Gasteiger partial charge in [0.25, 0.3) is 0 Å². The Bertz CT molecular complexity index is 378. The molecule has 0 N–H and O–H groups in total. The molecular weight excluding hydrogens is 194 g/mol. The summed E-state index contributed by atoms with van der Waals surface area (Å²) in [5.74, 6) is 0. The van der Waals surface area contributed by atoms with Gasteiger partial charge in [-0.15, -0.1) is 0 Å². The van der Waals surface area contributed by atoms with E-state index in [1.807, 2.05) is 51.4 Å². The molecule has 0 bridgehead atoms. The summed E-state index contributed by atoms with van der Waals surface area (Å²) in [6.45, 7) is 11.4. The molecule has 0 amide bonds. The van der Waals surface area contributed by atoms with Crippen LogP contribution in [0.4, 0.5) is 0 Å². The molecule has 0 aromatic carbocycles. The minimum Gasteiger partial charge on any atom is -0.351 e. The first-order valence-corrected chi connectivity index (χ1v) is 5.53. The lowest BCUT2D eigenvalue weighted by molar-refractivity contribution is 0.910. The Morgan fingerprint density at radius 2 is 1.94 bits per heavy atom. The highest BCUT2D eigenvalue weighted by atomic mass is 14.9. The second-order valence-electron chi connectivity index (χ2n) is 2.96. The number of nitrogens with zero attached hydrogens (tertiary/aromatic N) is 1. The van der Waals surface area contributed by atoms with Crippen molar-refractivity contribution in [2.45, 2.75) is 13.8 Å². The molecule has 0 atom stereocenters. The molecule has 1 heteroatoms. The van der Waals surface area contributed by atoms with Crippen LogP contribution in [0.2, 0.25) is 0 Å². The van der Waals surface area contributed by atoms with E-state index in [2.05, 4.69) is 23.8 Å². The van der Waals surface area contributed by atoms with Crippen molar-refractivity contribution in [3.05, 3.63) is 67.6 Å². The summed E-state index contributed by atoms with van der Waals surface area (Å²) in [4.78, 5) is 0. The van der Waals surface area contributed by atoms with Gasteiger partial charge in [-0.05, 0) is 17.7 Å². The van der Waals surface area contributed by atoms with E-state index in [-0.39, 0.29) is 0 Å². The summed E-state index contributed by atoms with van der Waals surface area (Å²) in [5.41, 5.74) is 2.30. The zero-order valence-corrected chi connectivity index (χ0v) is 10.5. The van der Waals surface area contributed by atoms with Gasteiger partial charge < -0.3 is 4.57 Å². The van der Waals surface area contributed by atoms with E-state index in [1.165, 1.54) is 5.69 Å². The van der Waals surface area contributed by atoms with Gasteiger partial charge in [0, 0.05) is 18.9 Å². The lowest BCUT2D eigenvalue weighted by Crippen LogP contribution is -1.91. The third-order valence-corrected chi connectivity index (χ3v) is 1.95. The molecule has 0 aliphatic rings. The average Bonchev–Trinajstić information content (AvgIpc) is 2.73. The highest BCUT2D eigenvalue weighted by Crippen LogP contribution is 2.15. The van der Waals surface area contributed by atoms with Crippen molar-refractivity contribution in [2.75, 3.05) is 0 Å². The van der Waals surface area contributed by atoms with Gasteiger partial charge >= 0.3 is 0 Å². The highest BCUT2D eigenvalue weighted by molar-refractivity contribution is 5.73. The van der Waals surface area contributed by atoms with Crippen LogP contribution >= 0.6 is 0 Å². The minimum atomic E-state index is 1.13. The number of aromatic nitrogens is 1. The smallest absolute Gasteiger partial charge is 0.0477 e. The first-order valence-electron chi connectivity index (χ1n) is 5.53. The highest BCUT2D eigenvalue weighted by Gasteiger charge is 1.99. The van der Waals surface area contributed by atoms with Crippen LogP contribution in [-0.2, 0) is 7.05 Å². The quantitative estimate of drug-likeness (QED) is 0.657. The van der Waals surface area contributed by atoms with Crippen LogP contribution in [0, 0.1) is 0 Å². The van der Waals surface area contributed by atoms with Crippen LogP contribution in [0.25, 0.3) is 5.57 Å². The van der Waals surface area contributed by atoms with Crippen molar-refractivity contribution >= 4 is 5.57 Å². The summed E-state index contributed by atoms with van der Waals surface area (Å²) in [5, 5.41) is 0. The van der Waals surface area contributed by atoms with E-state index in [9.17, 15) is 0 Å². The fourth-order valence-corrected chi connectivity index (χ4v) is 1.29. The van der Waals surface area contributed by atoms with Gasteiger partial charge in [0.05, 0.1) is 0 Å². The Labute approximate surface area is 99.1 Å². The molecule has 1 nitrogen and oxygen atoms in total. The SMILES string of the molecule is C=C/C=C\C(=C/C=C)c1cccn1C.CC. The predicted octanol–water partition coefficient (Wildman–Crippen LogP) is 4.36. The summed E-state index contributed by atoms with van der Waals surface area (Å²) in [6, 6.07) is 4.09. The van der Waals surface area contributed by atoms with E-state index in [1.54, 1.807) is 12.2 Å². The molecule has 0 saturated carbocycles. The molecule has 1 aromatic heterocycles. The van der Waals surface area contributed by atoms with Crippen molar-refractivity contribution < 1.29 is 0 Å². The van der Waals surface area contributed by atoms with Gasteiger partial charge in [-0.1, -0.05) is 57.4 Å². The van der Waals surface area contributed by atoms with Crippen molar-refractivity contribution in [1.82, 2.24) is 4.57 Å². The Morgan fingerprint density at radius 3 is 2.38 bits per heavy atom. The van der Waals surface area contributed by atoms with Gasteiger partial charge in [0.1, 0.15) is 0 Å². The molecule has 86 valence electrons. The molecule has 1 heterocycles. The van der Waals surface area contributed by atoms with Crippen molar-refractivity contribution in [3.8, 4) is 0 Å². The van der Waals surface area contributed by atoms with Crippen LogP contribution in [0.15, 0.2) is 61.9 Å². The lowest BCUT2D eigenvalue weighted by atomic mass is 10.1. The molecular formula is C15H21N. The molecule has 1 rings (SSSR count). The Balaban J connectivity index is 0.00000106. The number of allylic oxidation sites excluding steroid dienone is 6. The molecule has 0 fully saturated rings. The van der Waals surface area contributed by atoms with Crippen molar-refractivity contribution in [2.24, 2.45) is 7.05 Å². The molecule has 0 radical (unpaired) electrons. The van der Waals surface area contributed by atoms with Crippen LogP contribution in [0.3, 0.4) is 0 Å². The van der Waals surface area contributed by atoms with Gasteiger partial charge in [0.2, 0.25) is 0 Å². The zero-order chi connectivity index (χ0) is 12.4. The summed E-state index contributed by atoms with van der Waals surface area (Å²) in [6.07, 6.45) is 11.5. The van der Waals surface area contributed by atoms with Gasteiger partial charge in [-0.3, -0.25) is 0 Å². The summed E-state index contributed by atoms with van der Waals surface area (Å²) < 4.78 is 2.07.